The van der Waals surface area contributed by atoms with Crippen molar-refractivity contribution < 1.29 is 23.4 Å². The number of carboxylic acids is 1. The Kier molecular flexibility index (Phi) is 5.94. The smallest absolute Gasteiger partial charge is 0.352 e. The molecule has 21 heavy (non-hydrogen) atoms. The van der Waals surface area contributed by atoms with Crippen LogP contribution in [0.15, 0.2) is 17.2 Å². The first-order valence-electron chi connectivity index (χ1n) is 6.81. The molecule has 3 N–H and O–H groups in total. The average molecular weight is 318 g/mol. The molecule has 0 aliphatic carbocycles. The van der Waals surface area contributed by atoms with Crippen molar-refractivity contribution in [1.29, 1.82) is 0 Å². The van der Waals surface area contributed by atoms with Crippen LogP contribution in [0.2, 0.25) is 0 Å². The summed E-state index contributed by atoms with van der Waals surface area (Å²) in [4.78, 5) is 11.1. The molecule has 1 heterocycles. The van der Waals surface area contributed by atoms with Crippen molar-refractivity contribution in [2.45, 2.75) is 57.2 Å². The van der Waals surface area contributed by atoms with E-state index >= 15 is 0 Å². The van der Waals surface area contributed by atoms with Crippen molar-refractivity contribution in [3.8, 4) is 0 Å². The van der Waals surface area contributed by atoms with E-state index in [1.807, 2.05) is 6.92 Å². The van der Waals surface area contributed by atoms with Crippen LogP contribution in [-0.2, 0) is 16.6 Å². The number of aromatic carboxylic acids is 1. The molecule has 0 aliphatic rings. The standard InChI is InChI=1S/C13H22N2O5S/c1-4-5-15-8-11(7-12(15)13(17)18)21(19,20)14-9(2)6-10(3)16/h7-10,14,16H,4-6H2,1-3H3,(H,17,18). The van der Waals surface area contributed by atoms with E-state index in [-0.39, 0.29) is 17.0 Å². The Labute approximate surface area is 124 Å². The molecule has 0 bridgehead atoms. The van der Waals surface area contributed by atoms with Crippen LogP contribution in [0.3, 0.4) is 0 Å². The quantitative estimate of drug-likeness (QED) is 0.663. The van der Waals surface area contributed by atoms with Gasteiger partial charge in [-0.15, -0.1) is 0 Å². The predicted octanol–water partition coefficient (Wildman–Crippen LogP) is 1.03. The van der Waals surface area contributed by atoms with Gasteiger partial charge in [0.05, 0.1) is 6.10 Å². The molecule has 1 aromatic heterocycles. The van der Waals surface area contributed by atoms with Crippen LogP contribution in [0.4, 0.5) is 0 Å². The van der Waals surface area contributed by atoms with E-state index < -0.39 is 28.1 Å². The number of carbonyl (C=O) groups is 1. The van der Waals surface area contributed by atoms with Gasteiger partial charge >= 0.3 is 5.97 Å². The predicted molar refractivity (Wildman–Crippen MR) is 77.8 cm³/mol. The summed E-state index contributed by atoms with van der Waals surface area (Å²) in [5, 5.41) is 18.4. The summed E-state index contributed by atoms with van der Waals surface area (Å²) in [6.07, 6.45) is 1.67. The normalized spacial score (nSPS) is 14.9. The van der Waals surface area contributed by atoms with E-state index in [2.05, 4.69) is 4.72 Å². The molecule has 0 radical (unpaired) electrons. The van der Waals surface area contributed by atoms with E-state index in [0.717, 1.165) is 6.07 Å². The summed E-state index contributed by atoms with van der Waals surface area (Å²) in [5.41, 5.74) is -0.0552. The largest absolute Gasteiger partial charge is 0.477 e. The third-order valence-electron chi connectivity index (χ3n) is 2.92. The number of carboxylic acid groups (broad SMARTS) is 1. The Morgan fingerprint density at radius 2 is 2.05 bits per heavy atom. The molecule has 0 amide bonds. The summed E-state index contributed by atoms with van der Waals surface area (Å²) < 4.78 is 28.3. The maximum Gasteiger partial charge on any atom is 0.352 e. The first-order chi connectivity index (χ1) is 9.67. The third-order valence-corrected chi connectivity index (χ3v) is 4.47. The SMILES string of the molecule is CCCn1cc(S(=O)(=O)NC(C)CC(C)O)cc1C(=O)O. The minimum Gasteiger partial charge on any atom is -0.477 e. The molecule has 0 saturated carbocycles. The van der Waals surface area contributed by atoms with Crippen molar-refractivity contribution >= 4 is 16.0 Å². The highest BCUT2D eigenvalue weighted by atomic mass is 32.2. The van der Waals surface area contributed by atoms with Crippen LogP contribution in [0.5, 0.6) is 0 Å². The number of sulfonamides is 1. The monoisotopic (exact) mass is 318 g/mol. The Morgan fingerprint density at radius 1 is 1.43 bits per heavy atom. The zero-order valence-corrected chi connectivity index (χ0v) is 13.2. The van der Waals surface area contributed by atoms with Gasteiger partial charge < -0.3 is 14.8 Å². The van der Waals surface area contributed by atoms with E-state index in [1.165, 1.54) is 10.8 Å². The van der Waals surface area contributed by atoms with Gasteiger partial charge in [-0.3, -0.25) is 0 Å². The lowest BCUT2D eigenvalue weighted by Crippen LogP contribution is -2.34. The van der Waals surface area contributed by atoms with Gasteiger partial charge in [0.2, 0.25) is 10.0 Å². The highest BCUT2D eigenvalue weighted by molar-refractivity contribution is 7.89. The third kappa shape index (κ3) is 4.83. The van der Waals surface area contributed by atoms with Gasteiger partial charge in [0.25, 0.3) is 0 Å². The molecular weight excluding hydrogens is 296 g/mol. The number of aliphatic hydroxyl groups excluding tert-OH is 1. The van der Waals surface area contributed by atoms with Gasteiger partial charge in [0.1, 0.15) is 10.6 Å². The second-order valence-corrected chi connectivity index (χ2v) is 6.88. The summed E-state index contributed by atoms with van der Waals surface area (Å²) in [5.74, 6) is -1.16. The number of nitrogens with zero attached hydrogens (tertiary/aromatic N) is 1. The van der Waals surface area contributed by atoms with Gasteiger partial charge in [0, 0.05) is 18.8 Å². The van der Waals surface area contributed by atoms with E-state index in [1.54, 1.807) is 13.8 Å². The molecule has 1 aromatic rings. The maximum atomic E-state index is 12.2. The van der Waals surface area contributed by atoms with E-state index in [0.29, 0.717) is 13.0 Å². The van der Waals surface area contributed by atoms with Crippen LogP contribution in [0.25, 0.3) is 0 Å². The number of aliphatic hydroxyl groups is 1. The van der Waals surface area contributed by atoms with Gasteiger partial charge in [-0.05, 0) is 32.8 Å². The molecule has 1 rings (SSSR count). The van der Waals surface area contributed by atoms with Crippen molar-refractivity contribution in [3.05, 3.63) is 18.0 Å². The fourth-order valence-corrected chi connectivity index (χ4v) is 3.42. The second kappa shape index (κ2) is 7.06. The van der Waals surface area contributed by atoms with Crippen LogP contribution < -0.4 is 4.72 Å². The molecule has 0 saturated heterocycles. The van der Waals surface area contributed by atoms with Gasteiger partial charge in [-0.25, -0.2) is 17.9 Å². The van der Waals surface area contributed by atoms with Gasteiger partial charge in [-0.2, -0.15) is 0 Å². The van der Waals surface area contributed by atoms with Gasteiger partial charge in [0.15, 0.2) is 0 Å². The highest BCUT2D eigenvalue weighted by Crippen LogP contribution is 2.16. The minimum absolute atomic E-state index is 0.0552. The number of hydrogen-bond donors (Lipinski definition) is 3. The van der Waals surface area contributed by atoms with E-state index in [4.69, 9.17) is 5.11 Å². The zero-order valence-electron chi connectivity index (χ0n) is 12.4. The van der Waals surface area contributed by atoms with Crippen LogP contribution in [0, 0.1) is 0 Å². The van der Waals surface area contributed by atoms with Gasteiger partial charge in [-0.1, -0.05) is 6.92 Å². The second-order valence-electron chi connectivity index (χ2n) is 5.17. The van der Waals surface area contributed by atoms with Crippen molar-refractivity contribution in [1.82, 2.24) is 9.29 Å². The summed E-state index contributed by atoms with van der Waals surface area (Å²) >= 11 is 0. The molecule has 7 nitrogen and oxygen atoms in total. The topological polar surface area (TPSA) is 109 Å². The number of hydrogen-bond acceptors (Lipinski definition) is 4. The Balaban J connectivity index is 3.03. The molecule has 0 fully saturated rings. The zero-order chi connectivity index (χ0) is 16.2. The lowest BCUT2D eigenvalue weighted by Gasteiger charge is -2.14. The molecule has 0 aliphatic heterocycles. The average Bonchev–Trinajstić information content (AvgIpc) is 2.72. The molecule has 0 spiro atoms. The van der Waals surface area contributed by atoms with Crippen molar-refractivity contribution in [2.24, 2.45) is 0 Å². The van der Waals surface area contributed by atoms with Crippen molar-refractivity contribution in [2.75, 3.05) is 0 Å². The summed E-state index contributed by atoms with van der Waals surface area (Å²) in [6.45, 7) is 5.53. The Bertz CT molecular complexity index is 592. The number of aryl methyl sites for hydroxylation is 1. The van der Waals surface area contributed by atoms with Crippen LogP contribution in [0.1, 0.15) is 44.1 Å². The summed E-state index contributed by atoms with van der Waals surface area (Å²) in [6, 6.07) is 0.702. The number of aromatic nitrogens is 1. The lowest BCUT2D eigenvalue weighted by molar-refractivity contribution is 0.0685. The molecule has 0 aromatic carbocycles. The molecular formula is C13H22N2O5S. The first kappa shape index (κ1) is 17.7. The molecule has 2 atom stereocenters. The number of nitrogens with one attached hydrogen (secondary N) is 1. The fraction of sp³-hybridized carbons (Fsp3) is 0.615. The molecule has 2 unspecified atom stereocenters. The van der Waals surface area contributed by atoms with Crippen molar-refractivity contribution in [3.63, 3.8) is 0 Å². The highest BCUT2D eigenvalue weighted by Gasteiger charge is 2.23. The minimum atomic E-state index is -3.80. The number of rotatable bonds is 8. The lowest BCUT2D eigenvalue weighted by atomic mass is 10.2. The molecule has 120 valence electrons. The Morgan fingerprint density at radius 3 is 2.52 bits per heavy atom. The first-order valence-corrected chi connectivity index (χ1v) is 8.29. The van der Waals surface area contributed by atoms with E-state index in [9.17, 15) is 18.3 Å². The maximum absolute atomic E-state index is 12.2. The molecule has 8 heteroatoms. The van der Waals surface area contributed by atoms with Crippen LogP contribution in [-0.4, -0.2) is 41.3 Å². The summed E-state index contributed by atoms with van der Waals surface area (Å²) in [7, 11) is -3.80. The fourth-order valence-electron chi connectivity index (χ4n) is 2.13. The Hall–Kier alpha value is -1.38. The van der Waals surface area contributed by atoms with Crippen LogP contribution >= 0.6 is 0 Å².